The van der Waals surface area contributed by atoms with Crippen LogP contribution in [0.4, 0.5) is 0 Å². The van der Waals surface area contributed by atoms with Gasteiger partial charge in [0.1, 0.15) is 6.23 Å². The van der Waals surface area contributed by atoms with Gasteiger partial charge in [-0.25, -0.2) is 0 Å². The quantitative estimate of drug-likeness (QED) is 0.604. The summed E-state index contributed by atoms with van der Waals surface area (Å²) in [5.41, 5.74) is 3.24. The SMILES string of the molecule is CC(C)CN(CCC(C)Cc1ccccc1C(C)(C)C)C1CCCO1. The Morgan fingerprint density at radius 2 is 1.88 bits per heavy atom. The zero-order valence-electron chi connectivity index (χ0n) is 17.3. The number of nitrogens with zero attached hydrogens (tertiary/aromatic N) is 1. The zero-order valence-corrected chi connectivity index (χ0v) is 17.3. The number of hydrogen-bond donors (Lipinski definition) is 0. The second-order valence-corrected chi connectivity index (χ2v) is 9.36. The van der Waals surface area contributed by atoms with Crippen LogP contribution in [-0.4, -0.2) is 30.8 Å². The maximum atomic E-state index is 5.96. The summed E-state index contributed by atoms with van der Waals surface area (Å²) in [6.45, 7) is 17.2. The highest BCUT2D eigenvalue weighted by Crippen LogP contribution is 2.28. The maximum Gasteiger partial charge on any atom is 0.110 e. The van der Waals surface area contributed by atoms with E-state index in [4.69, 9.17) is 4.74 Å². The van der Waals surface area contributed by atoms with Crippen LogP contribution in [0.1, 0.15) is 71.9 Å². The lowest BCUT2D eigenvalue weighted by Gasteiger charge is -2.31. The Balaban J connectivity index is 1.94. The number of ether oxygens (including phenoxy) is 1. The van der Waals surface area contributed by atoms with Crippen LogP contribution < -0.4 is 0 Å². The predicted octanol–water partition coefficient (Wildman–Crippen LogP) is 5.65. The predicted molar refractivity (Wildman–Crippen MR) is 108 cm³/mol. The van der Waals surface area contributed by atoms with Gasteiger partial charge in [0.25, 0.3) is 0 Å². The van der Waals surface area contributed by atoms with Crippen molar-refractivity contribution in [2.24, 2.45) is 11.8 Å². The molecular formula is C23H39NO. The molecule has 142 valence electrons. The van der Waals surface area contributed by atoms with Crippen molar-refractivity contribution in [1.29, 1.82) is 0 Å². The molecule has 2 heteroatoms. The van der Waals surface area contributed by atoms with E-state index >= 15 is 0 Å². The van der Waals surface area contributed by atoms with E-state index in [0.717, 1.165) is 19.7 Å². The molecule has 1 fully saturated rings. The summed E-state index contributed by atoms with van der Waals surface area (Å²) in [5, 5.41) is 0. The molecule has 0 bridgehead atoms. The Morgan fingerprint density at radius 3 is 2.48 bits per heavy atom. The van der Waals surface area contributed by atoms with Crippen LogP contribution in [0.25, 0.3) is 0 Å². The van der Waals surface area contributed by atoms with E-state index in [1.54, 1.807) is 0 Å². The van der Waals surface area contributed by atoms with Crippen LogP contribution in [0.15, 0.2) is 24.3 Å². The first kappa shape index (κ1) is 20.5. The molecule has 0 amide bonds. The second-order valence-electron chi connectivity index (χ2n) is 9.36. The van der Waals surface area contributed by atoms with Gasteiger partial charge in [-0.1, -0.05) is 65.8 Å². The highest BCUT2D eigenvalue weighted by Gasteiger charge is 2.24. The average molecular weight is 346 g/mol. The standard InChI is InChI=1S/C23H39NO/c1-18(2)17-24(22-12-9-15-25-22)14-13-19(3)16-20-10-7-8-11-21(20)23(4,5)6/h7-8,10-11,18-19,22H,9,12-17H2,1-6H3. The third-order valence-electron chi connectivity index (χ3n) is 5.22. The van der Waals surface area contributed by atoms with Crippen LogP contribution in [0.2, 0.25) is 0 Å². The minimum Gasteiger partial charge on any atom is -0.363 e. The van der Waals surface area contributed by atoms with Crippen molar-refractivity contribution in [2.75, 3.05) is 19.7 Å². The van der Waals surface area contributed by atoms with Crippen LogP contribution >= 0.6 is 0 Å². The largest absolute Gasteiger partial charge is 0.363 e. The highest BCUT2D eigenvalue weighted by atomic mass is 16.5. The van der Waals surface area contributed by atoms with E-state index in [0.29, 0.717) is 18.1 Å². The van der Waals surface area contributed by atoms with Gasteiger partial charge in [-0.2, -0.15) is 0 Å². The van der Waals surface area contributed by atoms with Gasteiger partial charge in [-0.15, -0.1) is 0 Å². The molecule has 1 aliphatic rings. The summed E-state index contributed by atoms with van der Waals surface area (Å²) in [6, 6.07) is 8.99. The fourth-order valence-corrected chi connectivity index (χ4v) is 3.96. The maximum absolute atomic E-state index is 5.96. The molecule has 2 nitrogen and oxygen atoms in total. The summed E-state index contributed by atoms with van der Waals surface area (Å²) in [7, 11) is 0. The van der Waals surface area contributed by atoms with E-state index < -0.39 is 0 Å². The third kappa shape index (κ3) is 6.42. The molecule has 1 heterocycles. The van der Waals surface area contributed by atoms with E-state index in [2.05, 4.69) is 70.7 Å². The minimum absolute atomic E-state index is 0.220. The average Bonchev–Trinajstić information content (AvgIpc) is 3.05. The third-order valence-corrected chi connectivity index (χ3v) is 5.22. The van der Waals surface area contributed by atoms with Gasteiger partial charge in [0.05, 0.1) is 0 Å². The fraction of sp³-hybridized carbons (Fsp3) is 0.739. The lowest BCUT2D eigenvalue weighted by molar-refractivity contribution is -0.0276. The lowest BCUT2D eigenvalue weighted by atomic mass is 9.81. The molecular weight excluding hydrogens is 306 g/mol. The molecule has 1 aliphatic heterocycles. The number of benzene rings is 1. The molecule has 0 aromatic heterocycles. The molecule has 1 saturated heterocycles. The van der Waals surface area contributed by atoms with Crippen LogP contribution in [0.5, 0.6) is 0 Å². The molecule has 0 spiro atoms. The van der Waals surface area contributed by atoms with Gasteiger partial charge in [0, 0.05) is 19.7 Å². The van der Waals surface area contributed by atoms with E-state index in [1.165, 1.54) is 36.8 Å². The van der Waals surface area contributed by atoms with Crippen molar-refractivity contribution < 1.29 is 4.74 Å². The van der Waals surface area contributed by atoms with Gasteiger partial charge in [-0.3, -0.25) is 4.90 Å². The second kappa shape index (κ2) is 9.19. The Hall–Kier alpha value is -0.860. The van der Waals surface area contributed by atoms with Crippen molar-refractivity contribution in [3.63, 3.8) is 0 Å². The molecule has 2 rings (SSSR count). The molecule has 1 aromatic rings. The zero-order chi connectivity index (χ0) is 18.4. The van der Waals surface area contributed by atoms with E-state index in [-0.39, 0.29) is 5.41 Å². The lowest BCUT2D eigenvalue weighted by Crippen LogP contribution is -2.38. The Labute approximate surface area is 156 Å². The fourth-order valence-electron chi connectivity index (χ4n) is 3.96. The first-order valence-corrected chi connectivity index (χ1v) is 10.2. The van der Waals surface area contributed by atoms with E-state index in [1.807, 2.05) is 0 Å². The molecule has 0 saturated carbocycles. The normalized spacial score (nSPS) is 19.8. The first-order chi connectivity index (χ1) is 11.8. The van der Waals surface area contributed by atoms with Crippen LogP contribution in [0, 0.1) is 11.8 Å². The topological polar surface area (TPSA) is 12.5 Å². The molecule has 0 radical (unpaired) electrons. The molecule has 1 aromatic carbocycles. The Kier molecular flexibility index (Phi) is 7.51. The Bertz CT molecular complexity index is 511. The Morgan fingerprint density at radius 1 is 1.16 bits per heavy atom. The van der Waals surface area contributed by atoms with Gasteiger partial charge < -0.3 is 4.74 Å². The molecule has 2 atom stereocenters. The molecule has 0 aliphatic carbocycles. The molecule has 25 heavy (non-hydrogen) atoms. The first-order valence-electron chi connectivity index (χ1n) is 10.2. The van der Waals surface area contributed by atoms with Gasteiger partial charge in [0.15, 0.2) is 0 Å². The summed E-state index contributed by atoms with van der Waals surface area (Å²) < 4.78 is 5.96. The summed E-state index contributed by atoms with van der Waals surface area (Å²) in [6.07, 6.45) is 5.19. The van der Waals surface area contributed by atoms with Crippen LogP contribution in [0.3, 0.4) is 0 Å². The van der Waals surface area contributed by atoms with Gasteiger partial charge >= 0.3 is 0 Å². The summed E-state index contributed by atoms with van der Waals surface area (Å²) in [4.78, 5) is 2.59. The number of hydrogen-bond acceptors (Lipinski definition) is 2. The van der Waals surface area contributed by atoms with Gasteiger partial charge in [-0.05, 0) is 54.1 Å². The van der Waals surface area contributed by atoms with Crippen molar-refractivity contribution in [3.8, 4) is 0 Å². The van der Waals surface area contributed by atoms with Crippen molar-refractivity contribution in [2.45, 2.75) is 78.9 Å². The highest BCUT2D eigenvalue weighted by molar-refractivity contribution is 5.33. The molecule has 2 unspecified atom stereocenters. The van der Waals surface area contributed by atoms with Crippen molar-refractivity contribution in [3.05, 3.63) is 35.4 Å². The van der Waals surface area contributed by atoms with Crippen molar-refractivity contribution in [1.82, 2.24) is 4.90 Å². The monoisotopic (exact) mass is 345 g/mol. The van der Waals surface area contributed by atoms with E-state index in [9.17, 15) is 0 Å². The summed E-state index contributed by atoms with van der Waals surface area (Å²) >= 11 is 0. The minimum atomic E-state index is 0.220. The number of rotatable bonds is 8. The van der Waals surface area contributed by atoms with Gasteiger partial charge in [0.2, 0.25) is 0 Å². The smallest absolute Gasteiger partial charge is 0.110 e. The van der Waals surface area contributed by atoms with Crippen LogP contribution in [-0.2, 0) is 16.6 Å². The van der Waals surface area contributed by atoms with Crippen molar-refractivity contribution >= 4 is 0 Å². The summed E-state index contributed by atoms with van der Waals surface area (Å²) in [5.74, 6) is 1.39. The molecule has 0 N–H and O–H groups in total.